The van der Waals surface area contributed by atoms with Crippen LogP contribution in [0.25, 0.3) is 16.6 Å². The zero-order valence-electron chi connectivity index (χ0n) is 18.4. The summed E-state index contributed by atoms with van der Waals surface area (Å²) < 4.78 is 1.76. The van der Waals surface area contributed by atoms with E-state index in [0.717, 1.165) is 17.1 Å². The van der Waals surface area contributed by atoms with Crippen LogP contribution in [0.15, 0.2) is 53.3 Å². The van der Waals surface area contributed by atoms with Crippen LogP contribution in [0.5, 0.6) is 0 Å². The molecule has 2 aromatic heterocycles. The maximum Gasteiger partial charge on any atom is 0.258 e. The van der Waals surface area contributed by atoms with Crippen LogP contribution in [0.4, 0.5) is 0 Å². The van der Waals surface area contributed by atoms with Crippen LogP contribution in [-0.4, -0.2) is 36.6 Å². The first-order valence-corrected chi connectivity index (χ1v) is 10.7. The number of para-hydroxylation sites is 1. The molecule has 164 valence electrons. The molecule has 2 heterocycles. The van der Waals surface area contributed by atoms with Crippen LogP contribution in [0.1, 0.15) is 41.4 Å². The van der Waals surface area contributed by atoms with Crippen LogP contribution < -0.4 is 5.56 Å². The minimum Gasteiger partial charge on any atom is -0.329 e. The van der Waals surface area contributed by atoms with Crippen molar-refractivity contribution < 1.29 is 4.79 Å². The number of carbonyl (C=O) groups excluding carboxylic acids is 1. The number of carbonyl (C=O) groups is 1. The molecule has 2 aromatic carbocycles. The monoisotopic (exact) mass is 449 g/mol. The Hall–Kier alpha value is -3.45. The van der Waals surface area contributed by atoms with E-state index >= 15 is 0 Å². The highest BCUT2D eigenvalue weighted by Crippen LogP contribution is 2.23. The van der Waals surface area contributed by atoms with Crippen LogP contribution in [0.3, 0.4) is 0 Å². The van der Waals surface area contributed by atoms with Gasteiger partial charge in [-0.1, -0.05) is 23.7 Å². The number of nitrogens with one attached hydrogen (secondary N) is 1. The van der Waals surface area contributed by atoms with Crippen molar-refractivity contribution in [1.82, 2.24) is 24.6 Å². The van der Waals surface area contributed by atoms with Gasteiger partial charge in [0.05, 0.1) is 39.5 Å². The quantitative estimate of drug-likeness (QED) is 0.488. The number of halogens is 1. The summed E-state index contributed by atoms with van der Waals surface area (Å²) >= 11 is 6.26. The first kappa shape index (κ1) is 21.8. The Bertz CT molecular complexity index is 1360. The molecule has 0 aliphatic heterocycles. The molecule has 0 aliphatic carbocycles. The van der Waals surface area contributed by atoms with Crippen molar-refractivity contribution in [1.29, 1.82) is 0 Å². The summed E-state index contributed by atoms with van der Waals surface area (Å²) in [7, 11) is 0. The van der Waals surface area contributed by atoms with Gasteiger partial charge in [0.1, 0.15) is 5.82 Å². The number of amides is 1. The predicted molar refractivity (Wildman–Crippen MR) is 125 cm³/mol. The van der Waals surface area contributed by atoms with Crippen molar-refractivity contribution in [3.05, 3.63) is 86.7 Å². The summed E-state index contributed by atoms with van der Waals surface area (Å²) in [4.78, 5) is 34.7. The van der Waals surface area contributed by atoms with Gasteiger partial charge in [0.25, 0.3) is 11.5 Å². The maximum absolute atomic E-state index is 13.3. The van der Waals surface area contributed by atoms with Gasteiger partial charge in [-0.2, -0.15) is 5.10 Å². The zero-order chi connectivity index (χ0) is 23.0. The largest absolute Gasteiger partial charge is 0.329 e. The van der Waals surface area contributed by atoms with Crippen LogP contribution in [0, 0.1) is 13.8 Å². The second-order valence-electron chi connectivity index (χ2n) is 8.00. The average Bonchev–Trinajstić information content (AvgIpc) is 3.04. The Labute approximate surface area is 190 Å². The van der Waals surface area contributed by atoms with Gasteiger partial charge in [0.2, 0.25) is 0 Å². The summed E-state index contributed by atoms with van der Waals surface area (Å²) in [5.74, 6) is 0.304. The van der Waals surface area contributed by atoms with E-state index in [0.29, 0.717) is 27.3 Å². The maximum atomic E-state index is 13.3. The van der Waals surface area contributed by atoms with Crippen molar-refractivity contribution >= 4 is 28.4 Å². The molecule has 1 N–H and O–H groups in total. The lowest BCUT2D eigenvalue weighted by atomic mass is 10.1. The van der Waals surface area contributed by atoms with Gasteiger partial charge in [-0.25, -0.2) is 9.67 Å². The van der Waals surface area contributed by atoms with E-state index in [4.69, 9.17) is 11.6 Å². The third kappa shape index (κ3) is 4.03. The number of hydrogen-bond acceptors (Lipinski definition) is 4. The molecule has 1 amide bonds. The lowest BCUT2D eigenvalue weighted by Crippen LogP contribution is -2.37. The van der Waals surface area contributed by atoms with Gasteiger partial charge in [0.15, 0.2) is 0 Å². The minimum atomic E-state index is -0.213. The first-order chi connectivity index (χ1) is 15.3. The van der Waals surface area contributed by atoms with Crippen LogP contribution in [-0.2, 0) is 6.54 Å². The molecule has 0 radical (unpaired) electrons. The van der Waals surface area contributed by atoms with E-state index in [9.17, 15) is 9.59 Å². The molecule has 0 unspecified atom stereocenters. The summed E-state index contributed by atoms with van der Waals surface area (Å²) in [6, 6.07) is 14.3. The smallest absolute Gasteiger partial charge is 0.258 e. The number of aromatic amines is 1. The second-order valence-corrected chi connectivity index (χ2v) is 8.38. The van der Waals surface area contributed by atoms with E-state index in [1.165, 1.54) is 0 Å². The summed E-state index contributed by atoms with van der Waals surface area (Å²) in [5.41, 5.74) is 3.36. The third-order valence-corrected chi connectivity index (χ3v) is 5.98. The van der Waals surface area contributed by atoms with Gasteiger partial charge in [-0.15, -0.1) is 0 Å². The molecule has 0 aliphatic rings. The van der Waals surface area contributed by atoms with Crippen LogP contribution in [0.2, 0.25) is 5.02 Å². The van der Waals surface area contributed by atoms with Crippen molar-refractivity contribution in [3.8, 4) is 5.69 Å². The van der Waals surface area contributed by atoms with E-state index < -0.39 is 0 Å². The number of benzene rings is 2. The number of nitrogens with zero attached hydrogens (tertiary/aromatic N) is 4. The Kier molecular flexibility index (Phi) is 5.84. The molecule has 4 aromatic rings. The molecule has 0 bridgehead atoms. The van der Waals surface area contributed by atoms with E-state index in [1.807, 2.05) is 45.9 Å². The number of rotatable bonds is 5. The van der Waals surface area contributed by atoms with Gasteiger partial charge < -0.3 is 9.88 Å². The Morgan fingerprint density at radius 1 is 1.12 bits per heavy atom. The third-order valence-electron chi connectivity index (χ3n) is 5.43. The molecule has 0 fully saturated rings. The topological polar surface area (TPSA) is 83.9 Å². The van der Waals surface area contributed by atoms with E-state index in [2.05, 4.69) is 15.1 Å². The molecule has 0 saturated carbocycles. The van der Waals surface area contributed by atoms with Crippen molar-refractivity contribution in [2.24, 2.45) is 0 Å². The fraction of sp³-hybridized carbons (Fsp3) is 0.250. The SMILES string of the molecule is Cc1nn(-c2ccc(C(=O)N(Cc3nc4ccccc4c(=O)[nH]3)C(C)C)cc2)c(C)c1Cl. The number of fused-ring (bicyclic) bond motifs is 1. The molecule has 0 spiro atoms. The fourth-order valence-electron chi connectivity index (χ4n) is 3.65. The Balaban J connectivity index is 1.61. The van der Waals surface area contributed by atoms with Crippen molar-refractivity contribution in [3.63, 3.8) is 0 Å². The molecule has 32 heavy (non-hydrogen) atoms. The van der Waals surface area contributed by atoms with E-state index in [-0.39, 0.29) is 24.1 Å². The molecule has 0 atom stereocenters. The summed E-state index contributed by atoms with van der Waals surface area (Å²) in [6.45, 7) is 7.83. The zero-order valence-corrected chi connectivity index (χ0v) is 19.1. The molecule has 8 heteroatoms. The number of aromatic nitrogens is 4. The average molecular weight is 450 g/mol. The highest BCUT2D eigenvalue weighted by Gasteiger charge is 2.21. The standard InChI is InChI=1S/C24H24ClN5O2/c1-14(2)29(13-21-26-20-8-6-5-7-19(20)23(31)27-21)24(32)17-9-11-18(12-10-17)30-16(4)22(25)15(3)28-30/h5-12,14H,13H2,1-4H3,(H,26,27,31). The number of hydrogen-bond donors (Lipinski definition) is 1. The van der Waals surface area contributed by atoms with Gasteiger partial charge >= 0.3 is 0 Å². The highest BCUT2D eigenvalue weighted by atomic mass is 35.5. The highest BCUT2D eigenvalue weighted by molar-refractivity contribution is 6.31. The Morgan fingerprint density at radius 2 is 1.81 bits per heavy atom. The van der Waals surface area contributed by atoms with Crippen molar-refractivity contribution in [2.45, 2.75) is 40.3 Å². The van der Waals surface area contributed by atoms with Gasteiger partial charge in [-0.05, 0) is 64.1 Å². The first-order valence-electron chi connectivity index (χ1n) is 10.4. The number of H-pyrrole nitrogens is 1. The van der Waals surface area contributed by atoms with E-state index in [1.54, 1.807) is 39.9 Å². The second kappa shape index (κ2) is 8.59. The predicted octanol–water partition coefficient (Wildman–Crippen LogP) is 4.43. The fourth-order valence-corrected chi connectivity index (χ4v) is 3.76. The number of aryl methyl sites for hydroxylation is 1. The van der Waals surface area contributed by atoms with Crippen molar-refractivity contribution in [2.75, 3.05) is 0 Å². The lowest BCUT2D eigenvalue weighted by molar-refractivity contribution is 0.0685. The summed E-state index contributed by atoms with van der Waals surface area (Å²) in [5, 5.41) is 5.61. The van der Waals surface area contributed by atoms with Gasteiger partial charge in [-0.3, -0.25) is 9.59 Å². The molecule has 7 nitrogen and oxygen atoms in total. The molecular weight excluding hydrogens is 426 g/mol. The molecule has 4 rings (SSSR count). The van der Waals surface area contributed by atoms with Gasteiger partial charge in [0, 0.05) is 11.6 Å². The van der Waals surface area contributed by atoms with Crippen LogP contribution >= 0.6 is 11.6 Å². The molecule has 0 saturated heterocycles. The molecular formula is C24H24ClN5O2. The minimum absolute atomic E-state index is 0.0891. The lowest BCUT2D eigenvalue weighted by Gasteiger charge is -2.26. The normalized spacial score (nSPS) is 11.3. The summed E-state index contributed by atoms with van der Waals surface area (Å²) in [6.07, 6.45) is 0. The Morgan fingerprint density at radius 3 is 2.44 bits per heavy atom.